The van der Waals surface area contributed by atoms with E-state index in [2.05, 4.69) is 16.0 Å². The highest BCUT2D eigenvalue weighted by Gasteiger charge is 2.13. The molecule has 1 aliphatic rings. The van der Waals surface area contributed by atoms with E-state index in [1.807, 2.05) is 24.3 Å². The minimum Gasteiger partial charge on any atom is -0.454 e. The number of methoxy groups -OCH3 is 1. The topological polar surface area (TPSA) is 97.9 Å². The van der Waals surface area contributed by atoms with Crippen LogP contribution in [0.15, 0.2) is 42.5 Å². The molecule has 2 aromatic carbocycles. The summed E-state index contributed by atoms with van der Waals surface area (Å²) in [6.45, 7) is 0.713. The van der Waals surface area contributed by atoms with Gasteiger partial charge >= 0.3 is 0 Å². The summed E-state index contributed by atoms with van der Waals surface area (Å²) < 4.78 is 15.4. The van der Waals surface area contributed by atoms with Crippen LogP contribution in [0.1, 0.15) is 5.56 Å². The molecule has 2 aromatic rings. The molecule has 1 aliphatic heterocycles. The Labute approximate surface area is 156 Å². The monoisotopic (exact) mass is 371 g/mol. The molecule has 0 unspecified atom stereocenters. The van der Waals surface area contributed by atoms with Crippen molar-refractivity contribution < 1.29 is 23.8 Å². The van der Waals surface area contributed by atoms with Gasteiger partial charge in [-0.3, -0.25) is 9.59 Å². The van der Waals surface area contributed by atoms with Gasteiger partial charge in [0.15, 0.2) is 11.5 Å². The number of benzene rings is 2. The van der Waals surface area contributed by atoms with E-state index in [1.54, 1.807) is 18.2 Å². The molecule has 0 saturated heterocycles. The lowest BCUT2D eigenvalue weighted by molar-refractivity contribution is -0.120. The first-order valence-corrected chi connectivity index (χ1v) is 8.42. The van der Waals surface area contributed by atoms with Crippen LogP contribution in [-0.2, 0) is 20.9 Å². The van der Waals surface area contributed by atoms with Crippen molar-refractivity contribution in [3.63, 3.8) is 0 Å². The van der Waals surface area contributed by atoms with Gasteiger partial charge < -0.3 is 30.2 Å². The predicted octanol–water partition coefficient (Wildman–Crippen LogP) is 1.73. The minimum atomic E-state index is -0.240. The summed E-state index contributed by atoms with van der Waals surface area (Å²) >= 11 is 0. The van der Waals surface area contributed by atoms with E-state index in [-0.39, 0.29) is 31.8 Å². The average molecular weight is 371 g/mol. The number of nitrogens with one attached hydrogen (secondary N) is 3. The van der Waals surface area contributed by atoms with Crippen LogP contribution in [0, 0.1) is 0 Å². The van der Waals surface area contributed by atoms with Crippen LogP contribution in [-0.4, -0.2) is 38.9 Å². The van der Waals surface area contributed by atoms with Crippen molar-refractivity contribution in [1.29, 1.82) is 0 Å². The molecule has 0 spiro atoms. The standard InChI is InChI=1S/C19H21N3O5/c1-25-11-19(24)22-15-4-2-3-14(8-15)20-10-18(23)21-9-13-5-6-16-17(7-13)27-12-26-16/h2-8,20H,9-12H2,1H3,(H,21,23)(H,22,24). The van der Waals surface area contributed by atoms with E-state index in [9.17, 15) is 9.59 Å². The Balaban J connectivity index is 1.45. The molecule has 0 fully saturated rings. The Morgan fingerprint density at radius 1 is 1.04 bits per heavy atom. The van der Waals surface area contributed by atoms with Crippen LogP contribution in [0.3, 0.4) is 0 Å². The van der Waals surface area contributed by atoms with Crippen LogP contribution < -0.4 is 25.4 Å². The van der Waals surface area contributed by atoms with E-state index in [4.69, 9.17) is 14.2 Å². The van der Waals surface area contributed by atoms with Crippen LogP contribution >= 0.6 is 0 Å². The van der Waals surface area contributed by atoms with Gasteiger partial charge in [0.1, 0.15) is 6.61 Å². The number of anilines is 2. The van der Waals surface area contributed by atoms with Crippen LogP contribution in [0.4, 0.5) is 11.4 Å². The molecule has 0 radical (unpaired) electrons. The fourth-order valence-electron chi connectivity index (χ4n) is 2.53. The first-order chi connectivity index (χ1) is 13.1. The molecule has 3 rings (SSSR count). The van der Waals surface area contributed by atoms with Gasteiger partial charge in [0, 0.05) is 25.0 Å². The highest BCUT2D eigenvalue weighted by molar-refractivity contribution is 5.92. The zero-order chi connectivity index (χ0) is 19.1. The SMILES string of the molecule is COCC(=O)Nc1cccc(NCC(=O)NCc2ccc3c(c2)OCO3)c1. The Bertz CT molecular complexity index is 825. The van der Waals surface area contributed by atoms with Gasteiger partial charge in [-0.05, 0) is 35.9 Å². The highest BCUT2D eigenvalue weighted by atomic mass is 16.7. The van der Waals surface area contributed by atoms with Crippen molar-refractivity contribution in [1.82, 2.24) is 5.32 Å². The quantitative estimate of drug-likeness (QED) is 0.654. The third kappa shape index (κ3) is 5.35. The third-order valence-corrected chi connectivity index (χ3v) is 3.80. The van der Waals surface area contributed by atoms with Crippen molar-refractivity contribution in [3.8, 4) is 11.5 Å². The molecule has 2 amide bonds. The fourth-order valence-corrected chi connectivity index (χ4v) is 2.53. The number of fused-ring (bicyclic) bond motifs is 1. The molecule has 0 aliphatic carbocycles. The number of hydrogen-bond acceptors (Lipinski definition) is 6. The molecule has 3 N–H and O–H groups in total. The van der Waals surface area contributed by atoms with Crippen molar-refractivity contribution in [2.75, 3.05) is 37.7 Å². The number of carbonyl (C=O) groups is 2. The van der Waals surface area contributed by atoms with E-state index < -0.39 is 0 Å². The number of ether oxygens (including phenoxy) is 3. The maximum atomic E-state index is 12.1. The fraction of sp³-hybridized carbons (Fsp3) is 0.263. The van der Waals surface area contributed by atoms with Crippen molar-refractivity contribution in [2.45, 2.75) is 6.54 Å². The Morgan fingerprint density at radius 2 is 1.85 bits per heavy atom. The Kier molecular flexibility index (Phi) is 6.11. The Hall–Kier alpha value is -3.26. The largest absolute Gasteiger partial charge is 0.454 e. The predicted molar refractivity (Wildman–Crippen MR) is 99.8 cm³/mol. The molecule has 0 atom stereocenters. The first kappa shape index (κ1) is 18.5. The summed E-state index contributed by atoms with van der Waals surface area (Å²) in [6.07, 6.45) is 0. The van der Waals surface area contributed by atoms with Gasteiger partial charge in [-0.15, -0.1) is 0 Å². The average Bonchev–Trinajstić information content (AvgIpc) is 3.13. The van der Waals surface area contributed by atoms with Crippen molar-refractivity contribution in [3.05, 3.63) is 48.0 Å². The number of hydrogen-bond donors (Lipinski definition) is 3. The number of amides is 2. The van der Waals surface area contributed by atoms with Gasteiger partial charge in [-0.25, -0.2) is 0 Å². The molecule has 8 heteroatoms. The van der Waals surface area contributed by atoms with Gasteiger partial charge in [-0.1, -0.05) is 12.1 Å². The van der Waals surface area contributed by atoms with Crippen LogP contribution in [0.25, 0.3) is 0 Å². The van der Waals surface area contributed by atoms with Crippen LogP contribution in [0.5, 0.6) is 11.5 Å². The summed E-state index contributed by atoms with van der Waals surface area (Å²) in [6, 6.07) is 12.7. The van der Waals surface area contributed by atoms with E-state index >= 15 is 0 Å². The molecule has 0 bridgehead atoms. The second kappa shape index (κ2) is 8.91. The molecule has 0 saturated carbocycles. The zero-order valence-electron chi connectivity index (χ0n) is 14.9. The van der Waals surface area contributed by atoms with Crippen molar-refractivity contribution in [2.24, 2.45) is 0 Å². The van der Waals surface area contributed by atoms with Crippen molar-refractivity contribution >= 4 is 23.2 Å². The normalized spacial score (nSPS) is 11.7. The summed E-state index contributed by atoms with van der Waals surface area (Å²) in [5.41, 5.74) is 2.28. The molecule has 0 aromatic heterocycles. The maximum Gasteiger partial charge on any atom is 0.250 e. The molecule has 142 valence electrons. The molecular formula is C19H21N3O5. The van der Waals surface area contributed by atoms with Gasteiger partial charge in [-0.2, -0.15) is 0 Å². The zero-order valence-corrected chi connectivity index (χ0v) is 14.9. The lowest BCUT2D eigenvalue weighted by atomic mass is 10.2. The second-order valence-corrected chi connectivity index (χ2v) is 5.88. The van der Waals surface area contributed by atoms with E-state index in [0.29, 0.717) is 23.7 Å². The van der Waals surface area contributed by atoms with Gasteiger partial charge in [0.05, 0.1) is 6.54 Å². The first-order valence-electron chi connectivity index (χ1n) is 8.42. The number of carbonyl (C=O) groups excluding carboxylic acids is 2. The smallest absolute Gasteiger partial charge is 0.250 e. The Morgan fingerprint density at radius 3 is 2.70 bits per heavy atom. The summed E-state index contributed by atoms with van der Waals surface area (Å²) in [7, 11) is 1.46. The number of rotatable bonds is 8. The highest BCUT2D eigenvalue weighted by Crippen LogP contribution is 2.32. The second-order valence-electron chi connectivity index (χ2n) is 5.88. The lowest BCUT2D eigenvalue weighted by Gasteiger charge is -2.10. The van der Waals surface area contributed by atoms with E-state index in [0.717, 1.165) is 11.3 Å². The minimum absolute atomic E-state index is 0.0140. The van der Waals surface area contributed by atoms with Crippen LogP contribution in [0.2, 0.25) is 0 Å². The summed E-state index contributed by atoms with van der Waals surface area (Å²) in [5.74, 6) is 1.01. The van der Waals surface area contributed by atoms with Gasteiger partial charge in [0.2, 0.25) is 18.6 Å². The maximum absolute atomic E-state index is 12.1. The third-order valence-electron chi connectivity index (χ3n) is 3.80. The molecule has 1 heterocycles. The van der Waals surface area contributed by atoms with E-state index in [1.165, 1.54) is 7.11 Å². The summed E-state index contributed by atoms with van der Waals surface area (Å²) in [4.78, 5) is 23.6. The van der Waals surface area contributed by atoms with Gasteiger partial charge in [0.25, 0.3) is 0 Å². The molecule has 27 heavy (non-hydrogen) atoms. The summed E-state index contributed by atoms with van der Waals surface area (Å²) in [5, 5.41) is 8.58. The molecule has 8 nitrogen and oxygen atoms in total. The lowest BCUT2D eigenvalue weighted by Crippen LogP contribution is -2.29. The molecular weight excluding hydrogens is 350 g/mol.